The summed E-state index contributed by atoms with van der Waals surface area (Å²) in [5.41, 5.74) is 0.285. The van der Waals surface area contributed by atoms with Crippen LogP contribution in [0.1, 0.15) is 13.3 Å². The predicted molar refractivity (Wildman–Crippen MR) is 102 cm³/mol. The molecule has 7 nitrogen and oxygen atoms in total. The van der Waals surface area contributed by atoms with Crippen LogP contribution in [0.5, 0.6) is 0 Å². The van der Waals surface area contributed by atoms with Gasteiger partial charge in [0.05, 0.1) is 24.5 Å². The molecule has 0 fully saturated rings. The van der Waals surface area contributed by atoms with Crippen molar-refractivity contribution in [2.45, 2.75) is 18.9 Å². The number of hydrogen-bond acceptors (Lipinski definition) is 5. The van der Waals surface area contributed by atoms with E-state index in [9.17, 15) is 9.59 Å². The van der Waals surface area contributed by atoms with E-state index in [1.807, 2.05) is 30.3 Å². The zero-order chi connectivity index (χ0) is 18.9. The van der Waals surface area contributed by atoms with Gasteiger partial charge in [0.2, 0.25) is 0 Å². The van der Waals surface area contributed by atoms with Gasteiger partial charge in [0.15, 0.2) is 5.82 Å². The first-order chi connectivity index (χ1) is 13.1. The van der Waals surface area contributed by atoms with Gasteiger partial charge in [-0.05, 0) is 19.1 Å². The summed E-state index contributed by atoms with van der Waals surface area (Å²) >= 11 is 0. The van der Waals surface area contributed by atoms with E-state index in [1.54, 1.807) is 48.6 Å². The molecule has 2 aromatic rings. The minimum absolute atomic E-state index is 0.0104. The van der Waals surface area contributed by atoms with Crippen LogP contribution in [0.2, 0.25) is 0 Å². The lowest BCUT2D eigenvalue weighted by Gasteiger charge is -2.41. The Hall–Kier alpha value is -3.61. The lowest BCUT2D eigenvalue weighted by molar-refractivity contribution is -0.130. The molecule has 27 heavy (non-hydrogen) atoms. The molecule has 1 atom stereocenters. The second kappa shape index (κ2) is 6.60. The van der Waals surface area contributed by atoms with Crippen molar-refractivity contribution in [2.75, 3.05) is 5.32 Å². The Labute approximate surface area is 156 Å². The number of benzene rings is 1. The highest BCUT2D eigenvalue weighted by atomic mass is 16.2. The zero-order valence-electron chi connectivity index (χ0n) is 14.7. The maximum atomic E-state index is 13.0. The number of fused-ring (bicyclic) bond motifs is 1. The lowest BCUT2D eigenvalue weighted by Crippen LogP contribution is -2.58. The van der Waals surface area contributed by atoms with Gasteiger partial charge in [-0.3, -0.25) is 9.59 Å². The Kier molecular flexibility index (Phi) is 4.12. The first-order valence-electron chi connectivity index (χ1n) is 8.51. The molecule has 7 heteroatoms. The third kappa shape index (κ3) is 3.15. The van der Waals surface area contributed by atoms with Crippen LogP contribution in [0.15, 0.2) is 72.1 Å². The van der Waals surface area contributed by atoms with Gasteiger partial charge in [-0.1, -0.05) is 36.4 Å². The monoisotopic (exact) mass is 359 g/mol. The average Bonchev–Trinajstić information content (AvgIpc) is 2.69. The number of aromatic nitrogens is 2. The Balaban J connectivity index is 1.55. The Morgan fingerprint density at radius 3 is 2.63 bits per heavy atom. The van der Waals surface area contributed by atoms with E-state index in [1.165, 1.54) is 0 Å². The summed E-state index contributed by atoms with van der Waals surface area (Å²) in [6.07, 6.45) is 10.1. The molecule has 2 aliphatic rings. The van der Waals surface area contributed by atoms with Crippen molar-refractivity contribution in [3.63, 3.8) is 0 Å². The number of hydrogen-bond donors (Lipinski definition) is 1. The van der Waals surface area contributed by atoms with Crippen molar-refractivity contribution < 1.29 is 9.59 Å². The van der Waals surface area contributed by atoms with Gasteiger partial charge in [-0.2, -0.15) is 4.99 Å². The number of carbonyl (C=O) groups excluding carboxylic acids is 2. The molecule has 2 amide bonds. The van der Waals surface area contributed by atoms with E-state index in [2.05, 4.69) is 20.3 Å². The van der Waals surface area contributed by atoms with Crippen LogP contribution in [0.4, 0.5) is 5.69 Å². The van der Waals surface area contributed by atoms with Crippen LogP contribution in [-0.2, 0) is 9.59 Å². The van der Waals surface area contributed by atoms with Gasteiger partial charge < -0.3 is 10.2 Å². The van der Waals surface area contributed by atoms with Crippen LogP contribution in [0.3, 0.4) is 0 Å². The normalized spacial score (nSPS) is 20.9. The molecular formula is C20H17N5O2. The van der Waals surface area contributed by atoms with Crippen molar-refractivity contribution in [3.8, 4) is 11.4 Å². The quantitative estimate of drug-likeness (QED) is 0.910. The van der Waals surface area contributed by atoms with Crippen molar-refractivity contribution >= 4 is 23.3 Å². The molecule has 3 heterocycles. The van der Waals surface area contributed by atoms with Gasteiger partial charge in [0.1, 0.15) is 11.4 Å². The number of rotatable bonds is 3. The number of carbonyl (C=O) groups is 2. The second-order valence-electron chi connectivity index (χ2n) is 6.50. The lowest BCUT2D eigenvalue weighted by atomic mass is 9.91. The van der Waals surface area contributed by atoms with Crippen molar-refractivity contribution in [1.82, 2.24) is 14.9 Å². The molecule has 0 aliphatic carbocycles. The molecule has 4 rings (SSSR count). The number of nitrogens with zero attached hydrogens (tertiary/aromatic N) is 4. The molecule has 0 bridgehead atoms. The van der Waals surface area contributed by atoms with Gasteiger partial charge in [-0.15, -0.1) is 0 Å². The van der Waals surface area contributed by atoms with E-state index in [0.717, 1.165) is 5.56 Å². The summed E-state index contributed by atoms with van der Waals surface area (Å²) in [5.74, 6) is 0.391. The molecule has 0 saturated heterocycles. The molecule has 1 aromatic carbocycles. The smallest absolute Gasteiger partial charge is 0.250 e. The van der Waals surface area contributed by atoms with Gasteiger partial charge in [0, 0.05) is 11.8 Å². The minimum atomic E-state index is -1.08. The highest BCUT2D eigenvalue weighted by Crippen LogP contribution is 2.29. The number of allylic oxidation sites excluding steroid dienone is 2. The number of aliphatic imine (C=N–C) groups is 1. The first kappa shape index (κ1) is 16.8. The van der Waals surface area contributed by atoms with Crippen LogP contribution >= 0.6 is 0 Å². The number of anilines is 1. The van der Waals surface area contributed by atoms with E-state index < -0.39 is 5.54 Å². The fourth-order valence-corrected chi connectivity index (χ4v) is 3.07. The summed E-state index contributed by atoms with van der Waals surface area (Å²) in [5, 5.41) is 2.81. The van der Waals surface area contributed by atoms with Crippen LogP contribution in [0, 0.1) is 0 Å². The molecule has 0 spiro atoms. The molecule has 1 aromatic heterocycles. The third-order valence-electron chi connectivity index (χ3n) is 4.54. The minimum Gasteiger partial charge on any atom is -0.321 e. The van der Waals surface area contributed by atoms with Gasteiger partial charge >= 0.3 is 0 Å². The SMILES string of the molecule is C[C@]1(C(=O)Nc2cnc(-c3ccccc3)nc2)CC(=O)N=C2C=CC=CN21. The maximum absolute atomic E-state index is 13.0. The molecule has 1 N–H and O–H groups in total. The maximum Gasteiger partial charge on any atom is 0.250 e. The van der Waals surface area contributed by atoms with Crippen molar-refractivity contribution in [2.24, 2.45) is 4.99 Å². The van der Waals surface area contributed by atoms with Gasteiger partial charge in [-0.25, -0.2) is 9.97 Å². The Morgan fingerprint density at radius 2 is 1.89 bits per heavy atom. The third-order valence-corrected chi connectivity index (χ3v) is 4.54. The van der Waals surface area contributed by atoms with Crippen molar-refractivity contribution in [3.05, 3.63) is 67.2 Å². The summed E-state index contributed by atoms with van der Waals surface area (Å²) in [4.78, 5) is 39.3. The number of amides is 2. The summed E-state index contributed by atoms with van der Waals surface area (Å²) in [6, 6.07) is 9.58. The molecule has 134 valence electrons. The average molecular weight is 359 g/mol. The van der Waals surface area contributed by atoms with E-state index in [-0.39, 0.29) is 18.2 Å². The van der Waals surface area contributed by atoms with E-state index in [0.29, 0.717) is 17.3 Å². The van der Waals surface area contributed by atoms with Gasteiger partial charge in [0.25, 0.3) is 11.8 Å². The topological polar surface area (TPSA) is 87.5 Å². The van der Waals surface area contributed by atoms with Crippen molar-refractivity contribution in [1.29, 1.82) is 0 Å². The molecule has 0 saturated carbocycles. The molecule has 2 aliphatic heterocycles. The number of amidine groups is 1. The number of nitrogens with one attached hydrogen (secondary N) is 1. The van der Waals surface area contributed by atoms with Crippen LogP contribution in [0.25, 0.3) is 11.4 Å². The molecule has 0 unspecified atom stereocenters. The zero-order valence-corrected chi connectivity index (χ0v) is 14.7. The Bertz CT molecular complexity index is 979. The fourth-order valence-electron chi connectivity index (χ4n) is 3.07. The summed E-state index contributed by atoms with van der Waals surface area (Å²) in [7, 11) is 0. The fraction of sp³-hybridized carbons (Fsp3) is 0.150. The highest BCUT2D eigenvalue weighted by molar-refractivity contribution is 6.11. The van der Waals surface area contributed by atoms with E-state index in [4.69, 9.17) is 0 Å². The second-order valence-corrected chi connectivity index (χ2v) is 6.50. The molecule has 0 radical (unpaired) electrons. The highest BCUT2D eigenvalue weighted by Gasteiger charge is 2.45. The summed E-state index contributed by atoms with van der Waals surface area (Å²) in [6.45, 7) is 1.72. The Morgan fingerprint density at radius 1 is 1.15 bits per heavy atom. The summed E-state index contributed by atoms with van der Waals surface area (Å²) < 4.78 is 0. The van der Waals surface area contributed by atoms with Crippen LogP contribution < -0.4 is 5.32 Å². The standard InChI is InChI=1S/C20H17N5O2/c1-20(11-17(26)24-16-9-5-6-10-25(16)20)19(27)23-15-12-21-18(22-13-15)14-7-3-2-4-8-14/h2-10,12-13H,11H2,1H3,(H,23,27)/t20-/m1/s1. The molecular weight excluding hydrogens is 342 g/mol. The van der Waals surface area contributed by atoms with Crippen LogP contribution in [-0.4, -0.2) is 38.1 Å². The first-order valence-corrected chi connectivity index (χ1v) is 8.51. The van der Waals surface area contributed by atoms with E-state index >= 15 is 0 Å². The predicted octanol–water partition coefficient (Wildman–Crippen LogP) is 2.56. The largest absolute Gasteiger partial charge is 0.321 e.